The summed E-state index contributed by atoms with van der Waals surface area (Å²) in [6.07, 6.45) is 2.01. The van der Waals surface area contributed by atoms with Gasteiger partial charge >= 0.3 is 0 Å². The molecular weight excluding hydrogens is 190 g/mol. The molecule has 0 radical (unpaired) electrons. The van der Waals surface area contributed by atoms with Crippen LogP contribution in [0.25, 0.3) is 0 Å². The zero-order chi connectivity index (χ0) is 10.7. The molecule has 1 aliphatic rings. The van der Waals surface area contributed by atoms with Crippen LogP contribution in [0.4, 0.5) is 0 Å². The van der Waals surface area contributed by atoms with Gasteiger partial charge in [0.1, 0.15) is 0 Å². The number of Topliss-reactive ketones (excluding diaryl/α,β-unsaturated/α-hetero) is 1. The lowest BCUT2D eigenvalue weighted by molar-refractivity contribution is 0.0952. The van der Waals surface area contributed by atoms with Gasteiger partial charge in [0.15, 0.2) is 5.78 Å². The summed E-state index contributed by atoms with van der Waals surface area (Å²) in [7, 11) is 0. The van der Waals surface area contributed by atoms with Crippen LogP contribution in [0.15, 0.2) is 24.3 Å². The zero-order valence-electron chi connectivity index (χ0n) is 8.57. The van der Waals surface area contributed by atoms with Crippen LogP contribution >= 0.6 is 0 Å². The highest BCUT2D eigenvalue weighted by molar-refractivity contribution is 6.00. The highest BCUT2D eigenvalue weighted by Crippen LogP contribution is 2.13. The van der Waals surface area contributed by atoms with Crippen molar-refractivity contribution < 1.29 is 9.90 Å². The first-order chi connectivity index (χ1) is 7.31. The Morgan fingerprint density at radius 1 is 1.40 bits per heavy atom. The number of carbonyl (C=O) groups is 1. The SMILES string of the molecule is O=C(c1ccc(CO)cc1)[C@H]1CCCN1. The number of hydrogen-bond acceptors (Lipinski definition) is 3. The van der Waals surface area contributed by atoms with Crippen molar-refractivity contribution in [2.75, 3.05) is 6.54 Å². The van der Waals surface area contributed by atoms with Crippen LogP contribution in [0, 0.1) is 0 Å². The molecule has 1 aromatic rings. The predicted molar refractivity (Wildman–Crippen MR) is 57.7 cm³/mol. The van der Waals surface area contributed by atoms with E-state index in [1.807, 2.05) is 0 Å². The minimum atomic E-state index is -0.00928. The highest BCUT2D eigenvalue weighted by Gasteiger charge is 2.22. The van der Waals surface area contributed by atoms with Gasteiger partial charge in [0, 0.05) is 5.56 Å². The maximum atomic E-state index is 11.9. The molecule has 0 amide bonds. The lowest BCUT2D eigenvalue weighted by atomic mass is 10.0. The number of rotatable bonds is 3. The maximum Gasteiger partial charge on any atom is 0.179 e. The van der Waals surface area contributed by atoms with Crippen molar-refractivity contribution in [3.05, 3.63) is 35.4 Å². The lowest BCUT2D eigenvalue weighted by Crippen LogP contribution is -2.30. The fourth-order valence-electron chi connectivity index (χ4n) is 1.88. The van der Waals surface area contributed by atoms with Gasteiger partial charge in [-0.1, -0.05) is 24.3 Å². The second-order valence-electron chi connectivity index (χ2n) is 3.87. The summed E-state index contributed by atoms with van der Waals surface area (Å²) in [6, 6.07) is 7.15. The molecule has 0 saturated carbocycles. The van der Waals surface area contributed by atoms with E-state index in [4.69, 9.17) is 5.11 Å². The Kier molecular flexibility index (Phi) is 3.14. The van der Waals surface area contributed by atoms with Gasteiger partial charge < -0.3 is 10.4 Å². The van der Waals surface area contributed by atoms with Gasteiger partial charge in [0.25, 0.3) is 0 Å². The van der Waals surface area contributed by atoms with E-state index in [-0.39, 0.29) is 18.4 Å². The van der Waals surface area contributed by atoms with Gasteiger partial charge in [-0.05, 0) is 24.9 Å². The van der Waals surface area contributed by atoms with E-state index >= 15 is 0 Å². The molecule has 1 aromatic carbocycles. The fourth-order valence-corrected chi connectivity index (χ4v) is 1.88. The second-order valence-corrected chi connectivity index (χ2v) is 3.87. The number of aliphatic hydroxyl groups is 1. The molecule has 0 bridgehead atoms. The number of hydrogen-bond donors (Lipinski definition) is 2. The van der Waals surface area contributed by atoms with Gasteiger partial charge in [0.2, 0.25) is 0 Å². The number of aliphatic hydroxyl groups excluding tert-OH is 1. The van der Waals surface area contributed by atoms with E-state index in [9.17, 15) is 4.79 Å². The molecule has 0 aromatic heterocycles. The van der Waals surface area contributed by atoms with E-state index in [0.717, 1.165) is 30.5 Å². The van der Waals surface area contributed by atoms with E-state index in [0.29, 0.717) is 0 Å². The standard InChI is InChI=1S/C12H15NO2/c14-8-9-3-5-10(6-4-9)12(15)11-2-1-7-13-11/h3-6,11,13-14H,1-2,7-8H2/t11-/m1/s1. The molecule has 3 heteroatoms. The van der Waals surface area contributed by atoms with Crippen LogP contribution in [0.2, 0.25) is 0 Å². The Labute approximate surface area is 89.1 Å². The van der Waals surface area contributed by atoms with Crippen molar-refractivity contribution in [2.45, 2.75) is 25.5 Å². The monoisotopic (exact) mass is 205 g/mol. The molecule has 2 N–H and O–H groups in total. The van der Waals surface area contributed by atoms with Crippen molar-refractivity contribution in [3.63, 3.8) is 0 Å². The van der Waals surface area contributed by atoms with Crippen LogP contribution in [-0.4, -0.2) is 23.5 Å². The Morgan fingerprint density at radius 3 is 2.67 bits per heavy atom. The van der Waals surface area contributed by atoms with E-state index < -0.39 is 0 Å². The maximum absolute atomic E-state index is 11.9. The molecule has 1 fully saturated rings. The van der Waals surface area contributed by atoms with E-state index in [1.165, 1.54) is 0 Å². The van der Waals surface area contributed by atoms with Crippen LogP contribution in [0.1, 0.15) is 28.8 Å². The topological polar surface area (TPSA) is 49.3 Å². The molecule has 3 nitrogen and oxygen atoms in total. The third kappa shape index (κ3) is 2.25. The molecule has 0 spiro atoms. The van der Waals surface area contributed by atoms with Gasteiger partial charge in [-0.2, -0.15) is 0 Å². The van der Waals surface area contributed by atoms with Crippen LogP contribution < -0.4 is 5.32 Å². The Balaban J connectivity index is 2.11. The van der Waals surface area contributed by atoms with Gasteiger partial charge in [-0.15, -0.1) is 0 Å². The Morgan fingerprint density at radius 2 is 2.13 bits per heavy atom. The Bertz CT molecular complexity index is 339. The molecule has 80 valence electrons. The minimum Gasteiger partial charge on any atom is -0.392 e. The van der Waals surface area contributed by atoms with Crippen molar-refractivity contribution in [1.82, 2.24) is 5.32 Å². The first-order valence-electron chi connectivity index (χ1n) is 5.28. The Hall–Kier alpha value is -1.19. The summed E-state index contributed by atoms with van der Waals surface area (Å²) in [5, 5.41) is 12.1. The van der Waals surface area contributed by atoms with E-state index in [2.05, 4.69) is 5.32 Å². The smallest absolute Gasteiger partial charge is 0.179 e. The number of carbonyl (C=O) groups excluding carboxylic acids is 1. The molecule has 1 atom stereocenters. The normalized spacial score (nSPS) is 20.5. The van der Waals surface area contributed by atoms with Crippen LogP contribution in [0.3, 0.4) is 0 Å². The molecule has 1 aliphatic heterocycles. The van der Waals surface area contributed by atoms with Crippen molar-refractivity contribution in [3.8, 4) is 0 Å². The molecular formula is C12H15NO2. The van der Waals surface area contributed by atoms with Gasteiger partial charge in [-0.3, -0.25) is 4.79 Å². The summed E-state index contributed by atoms with van der Waals surface area (Å²) in [4.78, 5) is 11.9. The lowest BCUT2D eigenvalue weighted by Gasteiger charge is -2.08. The molecule has 1 saturated heterocycles. The van der Waals surface area contributed by atoms with Crippen LogP contribution in [0.5, 0.6) is 0 Å². The third-order valence-corrected chi connectivity index (χ3v) is 2.80. The predicted octanol–water partition coefficient (Wildman–Crippen LogP) is 1.11. The minimum absolute atomic E-state index is 0.00928. The quantitative estimate of drug-likeness (QED) is 0.727. The fraction of sp³-hybridized carbons (Fsp3) is 0.417. The van der Waals surface area contributed by atoms with Gasteiger partial charge in [-0.25, -0.2) is 0 Å². The van der Waals surface area contributed by atoms with Gasteiger partial charge in [0.05, 0.1) is 12.6 Å². The number of nitrogens with one attached hydrogen (secondary N) is 1. The molecule has 2 rings (SSSR count). The van der Waals surface area contributed by atoms with E-state index in [1.54, 1.807) is 24.3 Å². The molecule has 0 aliphatic carbocycles. The molecule has 1 heterocycles. The average Bonchev–Trinajstić information content (AvgIpc) is 2.82. The molecule has 0 unspecified atom stereocenters. The van der Waals surface area contributed by atoms with Crippen LogP contribution in [-0.2, 0) is 6.61 Å². The second kappa shape index (κ2) is 4.55. The summed E-state index contributed by atoms with van der Waals surface area (Å²) >= 11 is 0. The highest BCUT2D eigenvalue weighted by atomic mass is 16.3. The summed E-state index contributed by atoms with van der Waals surface area (Å²) < 4.78 is 0. The summed E-state index contributed by atoms with van der Waals surface area (Å²) in [5.74, 6) is 0.164. The summed E-state index contributed by atoms with van der Waals surface area (Å²) in [5.41, 5.74) is 1.57. The largest absolute Gasteiger partial charge is 0.392 e. The third-order valence-electron chi connectivity index (χ3n) is 2.80. The first kappa shape index (κ1) is 10.3. The average molecular weight is 205 g/mol. The van der Waals surface area contributed by atoms with Crippen molar-refractivity contribution in [1.29, 1.82) is 0 Å². The molecule has 15 heavy (non-hydrogen) atoms. The van der Waals surface area contributed by atoms with Crippen molar-refractivity contribution >= 4 is 5.78 Å². The first-order valence-corrected chi connectivity index (χ1v) is 5.28. The summed E-state index contributed by atoms with van der Waals surface area (Å²) in [6.45, 7) is 0.960. The number of ketones is 1. The zero-order valence-corrected chi connectivity index (χ0v) is 8.57. The van der Waals surface area contributed by atoms with Crippen molar-refractivity contribution in [2.24, 2.45) is 0 Å². The number of benzene rings is 1.